The van der Waals surface area contributed by atoms with Gasteiger partial charge in [0.05, 0.1) is 20.7 Å². The van der Waals surface area contributed by atoms with Gasteiger partial charge in [0.2, 0.25) is 0 Å². The molecule has 0 saturated heterocycles. The Labute approximate surface area is 143 Å². The van der Waals surface area contributed by atoms with E-state index in [1.165, 1.54) is 36.4 Å². The van der Waals surface area contributed by atoms with Crippen molar-refractivity contribution >= 4 is 34.5 Å². The fourth-order valence-electron chi connectivity index (χ4n) is 2.03. The van der Waals surface area contributed by atoms with Gasteiger partial charge in [0.25, 0.3) is 11.6 Å². The molecule has 0 unspecified atom stereocenters. The van der Waals surface area contributed by atoms with Crippen molar-refractivity contribution in [2.75, 3.05) is 6.54 Å². The Morgan fingerprint density at radius 2 is 1.92 bits per heavy atom. The Bertz CT molecular complexity index is 764. The molecule has 2 aromatic rings. The first-order valence-electron chi connectivity index (χ1n) is 6.51. The molecule has 0 spiro atoms. The van der Waals surface area contributed by atoms with E-state index < -0.39 is 30.1 Å². The van der Waals surface area contributed by atoms with Crippen molar-refractivity contribution in [2.24, 2.45) is 0 Å². The van der Waals surface area contributed by atoms with Crippen LogP contribution in [0.4, 0.5) is 18.9 Å². The van der Waals surface area contributed by atoms with E-state index in [0.717, 1.165) is 11.3 Å². The van der Waals surface area contributed by atoms with E-state index in [9.17, 15) is 28.1 Å². The van der Waals surface area contributed by atoms with Crippen LogP contribution in [-0.4, -0.2) is 28.5 Å². The van der Waals surface area contributed by atoms with Gasteiger partial charge < -0.3 is 4.90 Å². The zero-order chi connectivity index (χ0) is 17.9. The maximum absolute atomic E-state index is 12.8. The van der Waals surface area contributed by atoms with Crippen molar-refractivity contribution < 1.29 is 22.9 Å². The van der Waals surface area contributed by atoms with Crippen LogP contribution in [-0.2, 0) is 6.54 Å². The summed E-state index contributed by atoms with van der Waals surface area (Å²) in [6, 6.07) is 8.06. The lowest BCUT2D eigenvalue weighted by Crippen LogP contribution is -2.38. The maximum atomic E-state index is 12.8. The Hall–Kier alpha value is -2.13. The molecule has 1 aromatic carbocycles. The first kappa shape index (κ1) is 18.2. The fourth-order valence-corrected chi connectivity index (χ4v) is 3.04. The second-order valence-corrected chi connectivity index (χ2v) is 6.48. The summed E-state index contributed by atoms with van der Waals surface area (Å²) in [7, 11) is 0. The highest BCUT2D eigenvalue weighted by Gasteiger charge is 2.34. The number of nitro groups is 1. The molecule has 5 nitrogen and oxygen atoms in total. The molecule has 1 amide bonds. The van der Waals surface area contributed by atoms with Crippen LogP contribution in [0.15, 0.2) is 36.4 Å². The molecule has 0 atom stereocenters. The number of alkyl halides is 3. The Balaban J connectivity index is 2.34. The second kappa shape index (κ2) is 7.18. The molecule has 0 fully saturated rings. The quantitative estimate of drug-likeness (QED) is 0.568. The third kappa shape index (κ3) is 4.68. The molecule has 1 aromatic heterocycles. The van der Waals surface area contributed by atoms with E-state index in [4.69, 9.17) is 11.6 Å². The normalized spacial score (nSPS) is 11.3. The van der Waals surface area contributed by atoms with Crippen LogP contribution in [0.25, 0.3) is 0 Å². The SMILES string of the molecule is O=C(c1ccc(Cl)s1)N(Cc1ccccc1[N+](=O)[O-])CC(F)(F)F. The molecule has 0 N–H and O–H groups in total. The van der Waals surface area contributed by atoms with Crippen LogP contribution >= 0.6 is 22.9 Å². The van der Waals surface area contributed by atoms with Gasteiger partial charge in [0, 0.05) is 11.6 Å². The molecule has 0 radical (unpaired) electrons. The number of benzene rings is 1. The van der Waals surface area contributed by atoms with Gasteiger partial charge in [0.15, 0.2) is 0 Å². The molecule has 0 aliphatic rings. The molecule has 10 heteroatoms. The average molecular weight is 379 g/mol. The third-order valence-electron chi connectivity index (χ3n) is 2.99. The number of amides is 1. The Morgan fingerprint density at radius 1 is 1.25 bits per heavy atom. The average Bonchev–Trinajstić information content (AvgIpc) is 2.91. The molecule has 128 valence electrons. The number of hydrogen-bond donors (Lipinski definition) is 0. The van der Waals surface area contributed by atoms with Gasteiger partial charge in [-0.2, -0.15) is 13.2 Å². The number of hydrogen-bond acceptors (Lipinski definition) is 4. The second-order valence-electron chi connectivity index (χ2n) is 4.77. The molecule has 0 saturated carbocycles. The molecular formula is C14H10ClF3N2O3S. The van der Waals surface area contributed by atoms with Gasteiger partial charge in [-0.25, -0.2) is 0 Å². The fraction of sp³-hybridized carbons (Fsp3) is 0.214. The van der Waals surface area contributed by atoms with E-state index in [-0.39, 0.29) is 20.5 Å². The number of carbonyl (C=O) groups is 1. The van der Waals surface area contributed by atoms with Crippen molar-refractivity contribution in [1.29, 1.82) is 0 Å². The number of halogens is 4. The highest BCUT2D eigenvalue weighted by molar-refractivity contribution is 7.17. The standard InChI is InChI=1S/C14H10ClF3N2O3S/c15-12-6-5-11(24-12)13(21)19(8-14(16,17)18)7-9-3-1-2-4-10(9)20(22)23/h1-6H,7-8H2. The number of rotatable bonds is 5. The molecule has 0 bridgehead atoms. The van der Waals surface area contributed by atoms with Crippen LogP contribution in [0.5, 0.6) is 0 Å². The van der Waals surface area contributed by atoms with E-state index in [1.54, 1.807) is 0 Å². The van der Waals surface area contributed by atoms with Crippen LogP contribution in [0.3, 0.4) is 0 Å². The van der Waals surface area contributed by atoms with Gasteiger partial charge in [-0.1, -0.05) is 29.8 Å². The highest BCUT2D eigenvalue weighted by atomic mass is 35.5. The van der Waals surface area contributed by atoms with Crippen LogP contribution in [0, 0.1) is 10.1 Å². The first-order chi connectivity index (χ1) is 11.2. The van der Waals surface area contributed by atoms with Crippen LogP contribution in [0.2, 0.25) is 4.34 Å². The molecule has 0 aliphatic carbocycles. The largest absolute Gasteiger partial charge is 0.406 e. The summed E-state index contributed by atoms with van der Waals surface area (Å²) in [5.74, 6) is -0.887. The maximum Gasteiger partial charge on any atom is 0.406 e. The van der Waals surface area contributed by atoms with E-state index in [2.05, 4.69) is 0 Å². The predicted octanol–water partition coefficient (Wildman–Crippen LogP) is 4.51. The molecule has 24 heavy (non-hydrogen) atoms. The van der Waals surface area contributed by atoms with Crippen molar-refractivity contribution in [3.05, 3.63) is 61.3 Å². The molecule has 2 rings (SSSR count). The van der Waals surface area contributed by atoms with Crippen molar-refractivity contribution in [3.8, 4) is 0 Å². The Kier molecular flexibility index (Phi) is 5.45. The van der Waals surface area contributed by atoms with Gasteiger partial charge >= 0.3 is 6.18 Å². The lowest BCUT2D eigenvalue weighted by molar-refractivity contribution is -0.385. The smallest absolute Gasteiger partial charge is 0.324 e. The summed E-state index contributed by atoms with van der Waals surface area (Å²) >= 11 is 6.55. The van der Waals surface area contributed by atoms with Crippen LogP contribution < -0.4 is 0 Å². The number of nitro benzene ring substituents is 1. The molecular weight excluding hydrogens is 369 g/mol. The molecule has 0 aliphatic heterocycles. The number of carbonyl (C=O) groups excluding carboxylic acids is 1. The van der Waals surface area contributed by atoms with Crippen molar-refractivity contribution in [2.45, 2.75) is 12.7 Å². The molecule has 1 heterocycles. The number of thiophene rings is 1. The highest BCUT2D eigenvalue weighted by Crippen LogP contribution is 2.27. The van der Waals surface area contributed by atoms with Gasteiger partial charge in [-0.05, 0) is 12.1 Å². The summed E-state index contributed by atoms with van der Waals surface area (Å²) in [6.45, 7) is -2.06. The summed E-state index contributed by atoms with van der Waals surface area (Å²) in [5.41, 5.74) is -0.329. The lowest BCUT2D eigenvalue weighted by atomic mass is 10.1. The number of para-hydroxylation sites is 1. The topological polar surface area (TPSA) is 63.5 Å². The third-order valence-corrected chi connectivity index (χ3v) is 4.21. The van der Waals surface area contributed by atoms with Gasteiger partial charge in [-0.3, -0.25) is 14.9 Å². The Morgan fingerprint density at radius 3 is 2.46 bits per heavy atom. The predicted molar refractivity (Wildman–Crippen MR) is 83.2 cm³/mol. The lowest BCUT2D eigenvalue weighted by Gasteiger charge is -2.23. The van der Waals surface area contributed by atoms with Crippen LogP contribution in [0.1, 0.15) is 15.2 Å². The summed E-state index contributed by atoms with van der Waals surface area (Å²) in [4.78, 5) is 23.2. The van der Waals surface area contributed by atoms with E-state index in [0.29, 0.717) is 4.90 Å². The zero-order valence-electron chi connectivity index (χ0n) is 11.9. The van der Waals surface area contributed by atoms with E-state index in [1.807, 2.05) is 0 Å². The van der Waals surface area contributed by atoms with E-state index >= 15 is 0 Å². The van der Waals surface area contributed by atoms with Gasteiger partial charge in [-0.15, -0.1) is 11.3 Å². The number of nitrogens with zero attached hydrogens (tertiary/aromatic N) is 2. The minimum absolute atomic E-state index is 0.0164. The monoisotopic (exact) mass is 378 g/mol. The zero-order valence-corrected chi connectivity index (χ0v) is 13.5. The van der Waals surface area contributed by atoms with Crippen molar-refractivity contribution in [3.63, 3.8) is 0 Å². The van der Waals surface area contributed by atoms with Gasteiger partial charge in [0.1, 0.15) is 6.54 Å². The summed E-state index contributed by atoms with van der Waals surface area (Å²) in [6.07, 6.45) is -4.64. The first-order valence-corrected chi connectivity index (χ1v) is 7.70. The minimum atomic E-state index is -4.64. The summed E-state index contributed by atoms with van der Waals surface area (Å²) < 4.78 is 38.7. The van der Waals surface area contributed by atoms with Crippen molar-refractivity contribution in [1.82, 2.24) is 4.90 Å². The minimum Gasteiger partial charge on any atom is -0.324 e. The summed E-state index contributed by atoms with van der Waals surface area (Å²) in [5, 5.41) is 11.0.